The maximum atomic E-state index is 12.7. The maximum absolute atomic E-state index is 12.7. The minimum absolute atomic E-state index is 0.109. The highest BCUT2D eigenvalue weighted by molar-refractivity contribution is 6.04. The van der Waals surface area contributed by atoms with Crippen molar-refractivity contribution in [1.82, 2.24) is 0 Å². The number of carbonyl (C=O) groups excluding carboxylic acids is 2. The van der Waals surface area contributed by atoms with E-state index in [1.807, 2.05) is 62.5 Å². The first kappa shape index (κ1) is 21.4. The Balaban J connectivity index is 1.48. The number of anilines is 3. The molecule has 1 aliphatic rings. The molecule has 1 N–H and O–H groups in total. The maximum Gasteiger partial charge on any atom is 0.255 e. The highest BCUT2D eigenvalue weighted by Gasteiger charge is 2.28. The zero-order valence-corrected chi connectivity index (χ0v) is 18.5. The van der Waals surface area contributed by atoms with Crippen LogP contribution < -0.4 is 19.9 Å². The Labute approximate surface area is 188 Å². The van der Waals surface area contributed by atoms with Crippen molar-refractivity contribution in [3.05, 3.63) is 83.9 Å². The first-order valence-electron chi connectivity index (χ1n) is 10.6. The third-order valence-corrected chi connectivity index (χ3v) is 5.77. The van der Waals surface area contributed by atoms with Gasteiger partial charge >= 0.3 is 0 Å². The molecule has 1 heterocycles. The van der Waals surface area contributed by atoms with Crippen LogP contribution in [-0.2, 0) is 11.3 Å². The zero-order valence-electron chi connectivity index (χ0n) is 18.5. The lowest BCUT2D eigenvalue weighted by Crippen LogP contribution is -2.34. The molecule has 0 aliphatic carbocycles. The van der Waals surface area contributed by atoms with E-state index < -0.39 is 0 Å². The number of amides is 2. The van der Waals surface area contributed by atoms with Gasteiger partial charge in [-0.25, -0.2) is 0 Å². The second-order valence-electron chi connectivity index (χ2n) is 8.05. The average Bonchev–Trinajstić information content (AvgIpc) is 2.91. The van der Waals surface area contributed by atoms with Crippen molar-refractivity contribution in [3.8, 4) is 5.75 Å². The number of para-hydroxylation sites is 2. The highest BCUT2D eigenvalue weighted by Crippen LogP contribution is 2.34. The van der Waals surface area contributed by atoms with Gasteiger partial charge in [0, 0.05) is 31.4 Å². The Hall–Kier alpha value is -3.80. The van der Waals surface area contributed by atoms with E-state index in [9.17, 15) is 9.59 Å². The van der Waals surface area contributed by atoms with E-state index in [1.165, 1.54) is 0 Å². The summed E-state index contributed by atoms with van der Waals surface area (Å²) < 4.78 is 5.14. The van der Waals surface area contributed by atoms with Crippen molar-refractivity contribution in [2.24, 2.45) is 5.92 Å². The fraction of sp³-hybridized carbons (Fsp3) is 0.231. The summed E-state index contributed by atoms with van der Waals surface area (Å²) in [6.45, 7) is 3.26. The molecule has 0 fully saturated rings. The van der Waals surface area contributed by atoms with Crippen molar-refractivity contribution in [1.29, 1.82) is 0 Å². The number of benzene rings is 3. The van der Waals surface area contributed by atoms with Gasteiger partial charge in [0.2, 0.25) is 5.91 Å². The number of rotatable bonds is 5. The molecular formula is C26H27N3O3. The van der Waals surface area contributed by atoms with Gasteiger partial charge in [0.15, 0.2) is 0 Å². The molecule has 1 atom stereocenters. The minimum Gasteiger partial charge on any atom is -0.497 e. The van der Waals surface area contributed by atoms with Gasteiger partial charge in [0.25, 0.3) is 5.91 Å². The van der Waals surface area contributed by atoms with Crippen LogP contribution in [0.5, 0.6) is 5.75 Å². The molecule has 0 spiro atoms. The second-order valence-corrected chi connectivity index (χ2v) is 8.05. The van der Waals surface area contributed by atoms with Gasteiger partial charge < -0.3 is 19.9 Å². The Morgan fingerprint density at radius 1 is 1.00 bits per heavy atom. The molecule has 4 rings (SSSR count). The first-order valence-corrected chi connectivity index (χ1v) is 10.6. The van der Waals surface area contributed by atoms with E-state index in [-0.39, 0.29) is 17.7 Å². The quantitative estimate of drug-likeness (QED) is 0.646. The highest BCUT2D eigenvalue weighted by atomic mass is 16.5. The SMILES string of the molecule is COc1ccc(NC(=O)c2ccc(CN3CC(C)C(=O)N(C)c4ccccc43)cc2)cc1. The van der Waals surface area contributed by atoms with Crippen molar-refractivity contribution in [3.63, 3.8) is 0 Å². The van der Waals surface area contributed by atoms with Gasteiger partial charge in [-0.3, -0.25) is 9.59 Å². The zero-order chi connectivity index (χ0) is 22.7. The second kappa shape index (κ2) is 9.14. The van der Waals surface area contributed by atoms with Crippen LogP contribution in [0.4, 0.5) is 17.1 Å². The number of methoxy groups -OCH3 is 1. The molecule has 0 radical (unpaired) electrons. The fourth-order valence-electron chi connectivity index (χ4n) is 3.98. The Morgan fingerprint density at radius 2 is 1.66 bits per heavy atom. The lowest BCUT2D eigenvalue weighted by atomic mass is 10.1. The number of nitrogens with one attached hydrogen (secondary N) is 1. The Bertz CT molecular complexity index is 1110. The van der Waals surface area contributed by atoms with Gasteiger partial charge in [0.05, 0.1) is 24.4 Å². The van der Waals surface area contributed by atoms with E-state index >= 15 is 0 Å². The molecule has 0 bridgehead atoms. The van der Waals surface area contributed by atoms with Crippen LogP contribution in [0.1, 0.15) is 22.8 Å². The largest absolute Gasteiger partial charge is 0.497 e. The number of carbonyl (C=O) groups is 2. The van der Waals surface area contributed by atoms with Gasteiger partial charge in [0.1, 0.15) is 5.75 Å². The summed E-state index contributed by atoms with van der Waals surface area (Å²) in [6, 6.07) is 22.8. The standard InChI is InChI=1S/C26H27N3O3/c1-18-16-29(24-7-5-4-6-23(24)28(2)26(18)31)17-19-8-10-20(11-9-19)25(30)27-21-12-14-22(32-3)15-13-21/h4-15,18H,16-17H2,1-3H3,(H,27,30). The molecule has 6 heteroatoms. The summed E-state index contributed by atoms with van der Waals surface area (Å²) in [4.78, 5) is 29.2. The van der Waals surface area contributed by atoms with Crippen molar-refractivity contribution in [2.75, 3.05) is 35.8 Å². The van der Waals surface area contributed by atoms with E-state index in [0.717, 1.165) is 22.7 Å². The predicted molar refractivity (Wildman–Crippen MR) is 127 cm³/mol. The third kappa shape index (κ3) is 4.44. The lowest BCUT2D eigenvalue weighted by molar-refractivity contribution is -0.121. The lowest BCUT2D eigenvalue weighted by Gasteiger charge is -2.26. The van der Waals surface area contributed by atoms with E-state index in [0.29, 0.717) is 24.3 Å². The van der Waals surface area contributed by atoms with E-state index in [1.54, 1.807) is 36.3 Å². The molecule has 2 amide bonds. The van der Waals surface area contributed by atoms with Crippen LogP contribution in [0.25, 0.3) is 0 Å². The van der Waals surface area contributed by atoms with E-state index in [2.05, 4.69) is 10.2 Å². The molecule has 1 aliphatic heterocycles. The predicted octanol–water partition coefficient (Wildman–Crippen LogP) is 4.57. The number of ether oxygens (including phenoxy) is 1. The van der Waals surface area contributed by atoms with Crippen LogP contribution in [0.3, 0.4) is 0 Å². The summed E-state index contributed by atoms with van der Waals surface area (Å²) in [5.41, 5.74) is 4.32. The van der Waals surface area contributed by atoms with Crippen LogP contribution in [-0.4, -0.2) is 32.5 Å². The normalized spacial score (nSPS) is 15.7. The molecular weight excluding hydrogens is 402 g/mol. The number of hydrogen-bond acceptors (Lipinski definition) is 4. The summed E-state index contributed by atoms with van der Waals surface area (Å²) in [7, 11) is 3.44. The summed E-state index contributed by atoms with van der Waals surface area (Å²) in [6.07, 6.45) is 0. The number of nitrogens with zero attached hydrogens (tertiary/aromatic N) is 2. The Kier molecular flexibility index (Phi) is 6.12. The average molecular weight is 430 g/mol. The topological polar surface area (TPSA) is 61.9 Å². The molecule has 3 aromatic carbocycles. The fourth-order valence-corrected chi connectivity index (χ4v) is 3.98. The van der Waals surface area contributed by atoms with Crippen molar-refractivity contribution >= 4 is 28.9 Å². The van der Waals surface area contributed by atoms with Crippen LogP contribution in [0.2, 0.25) is 0 Å². The molecule has 0 aromatic heterocycles. The first-order chi connectivity index (χ1) is 15.5. The Morgan fingerprint density at radius 3 is 2.31 bits per heavy atom. The molecule has 6 nitrogen and oxygen atoms in total. The van der Waals surface area contributed by atoms with Crippen molar-refractivity contribution in [2.45, 2.75) is 13.5 Å². The summed E-state index contributed by atoms with van der Waals surface area (Å²) in [5, 5.41) is 2.90. The van der Waals surface area contributed by atoms with Gasteiger partial charge in [-0.2, -0.15) is 0 Å². The third-order valence-electron chi connectivity index (χ3n) is 5.77. The van der Waals surface area contributed by atoms with Crippen molar-refractivity contribution < 1.29 is 14.3 Å². The number of hydrogen-bond donors (Lipinski definition) is 1. The van der Waals surface area contributed by atoms with Crippen LogP contribution in [0.15, 0.2) is 72.8 Å². The smallest absolute Gasteiger partial charge is 0.255 e. The number of fused-ring (bicyclic) bond motifs is 1. The van der Waals surface area contributed by atoms with Crippen LogP contribution in [0, 0.1) is 5.92 Å². The summed E-state index contributed by atoms with van der Waals surface area (Å²) in [5.74, 6) is 0.583. The van der Waals surface area contributed by atoms with Gasteiger partial charge in [-0.1, -0.05) is 31.2 Å². The molecule has 0 saturated carbocycles. The molecule has 164 valence electrons. The molecule has 3 aromatic rings. The minimum atomic E-state index is -0.164. The molecule has 1 unspecified atom stereocenters. The summed E-state index contributed by atoms with van der Waals surface area (Å²) >= 11 is 0. The molecule has 0 saturated heterocycles. The monoisotopic (exact) mass is 429 g/mol. The van der Waals surface area contributed by atoms with Gasteiger partial charge in [-0.15, -0.1) is 0 Å². The van der Waals surface area contributed by atoms with E-state index in [4.69, 9.17) is 4.74 Å². The van der Waals surface area contributed by atoms with Gasteiger partial charge in [-0.05, 0) is 54.1 Å². The van der Waals surface area contributed by atoms with Crippen LogP contribution >= 0.6 is 0 Å². The molecule has 32 heavy (non-hydrogen) atoms.